The number of phenolic OH excluding ortho intramolecular Hbond substituents is 1. The smallest absolute Gasteiger partial charge is 0.174 e. The van der Waals surface area contributed by atoms with Crippen LogP contribution in [0.3, 0.4) is 0 Å². The third-order valence-corrected chi connectivity index (χ3v) is 2.36. The van der Waals surface area contributed by atoms with Crippen molar-refractivity contribution in [2.75, 3.05) is 0 Å². The summed E-state index contributed by atoms with van der Waals surface area (Å²) in [5, 5.41) is 9.37. The maximum Gasteiger partial charge on any atom is 0.174 e. The molecule has 1 rings (SSSR count). The van der Waals surface area contributed by atoms with Crippen molar-refractivity contribution >= 4 is 27.5 Å². The van der Waals surface area contributed by atoms with Gasteiger partial charge in [-0.2, -0.15) is 0 Å². The van der Waals surface area contributed by atoms with Crippen molar-refractivity contribution in [3.05, 3.63) is 28.0 Å². The zero-order chi connectivity index (χ0) is 11.6. The van der Waals surface area contributed by atoms with Crippen LogP contribution in [0.4, 0.5) is 4.39 Å². The molecule has 3 nitrogen and oxygen atoms in total. The van der Waals surface area contributed by atoms with Gasteiger partial charge in [0.2, 0.25) is 0 Å². The maximum atomic E-state index is 13.1. The Morgan fingerprint density at radius 1 is 1.47 bits per heavy atom. The summed E-state index contributed by atoms with van der Waals surface area (Å²) in [4.78, 5) is 22.1. The molecule has 1 aromatic carbocycles. The zero-order valence-corrected chi connectivity index (χ0v) is 9.47. The SMILES string of the molecule is CC(=O)CC(=O)c1cc(F)c(Br)cc1O. The summed E-state index contributed by atoms with van der Waals surface area (Å²) in [5.41, 5.74) is -0.175. The van der Waals surface area contributed by atoms with Crippen LogP contribution >= 0.6 is 15.9 Å². The fourth-order valence-corrected chi connectivity index (χ4v) is 1.41. The Morgan fingerprint density at radius 3 is 2.60 bits per heavy atom. The van der Waals surface area contributed by atoms with E-state index in [2.05, 4.69) is 15.9 Å². The van der Waals surface area contributed by atoms with Gasteiger partial charge in [-0.3, -0.25) is 9.59 Å². The molecular weight excluding hydrogens is 267 g/mol. The lowest BCUT2D eigenvalue weighted by atomic mass is 10.1. The Morgan fingerprint density at radius 2 is 2.07 bits per heavy atom. The topological polar surface area (TPSA) is 54.4 Å². The van der Waals surface area contributed by atoms with E-state index in [0.717, 1.165) is 12.1 Å². The summed E-state index contributed by atoms with van der Waals surface area (Å²) in [7, 11) is 0. The predicted octanol–water partition coefficient (Wildman–Crippen LogP) is 2.46. The first-order valence-electron chi connectivity index (χ1n) is 4.12. The van der Waals surface area contributed by atoms with Gasteiger partial charge in [0.15, 0.2) is 5.78 Å². The first-order valence-corrected chi connectivity index (χ1v) is 4.91. The van der Waals surface area contributed by atoms with E-state index in [4.69, 9.17) is 0 Å². The quantitative estimate of drug-likeness (QED) is 0.681. The lowest BCUT2D eigenvalue weighted by Crippen LogP contribution is -2.05. The number of hydrogen-bond donors (Lipinski definition) is 1. The summed E-state index contributed by atoms with van der Waals surface area (Å²) in [6.07, 6.45) is -0.339. The largest absolute Gasteiger partial charge is 0.507 e. The molecule has 0 atom stereocenters. The minimum Gasteiger partial charge on any atom is -0.507 e. The Hall–Kier alpha value is -1.23. The molecule has 1 N–H and O–H groups in total. The third kappa shape index (κ3) is 2.86. The van der Waals surface area contributed by atoms with E-state index in [1.807, 2.05) is 0 Å². The number of ketones is 2. The predicted molar refractivity (Wildman–Crippen MR) is 55.4 cm³/mol. The van der Waals surface area contributed by atoms with Gasteiger partial charge in [-0.1, -0.05) is 0 Å². The van der Waals surface area contributed by atoms with Gasteiger partial charge >= 0.3 is 0 Å². The Labute approximate surface area is 94.0 Å². The van der Waals surface area contributed by atoms with Crippen molar-refractivity contribution in [1.82, 2.24) is 0 Å². The number of phenols is 1. The zero-order valence-electron chi connectivity index (χ0n) is 7.88. The number of carbonyl (C=O) groups excluding carboxylic acids is 2. The average molecular weight is 275 g/mol. The van der Waals surface area contributed by atoms with Crippen molar-refractivity contribution in [2.24, 2.45) is 0 Å². The van der Waals surface area contributed by atoms with Crippen LogP contribution in [0.25, 0.3) is 0 Å². The van der Waals surface area contributed by atoms with Crippen molar-refractivity contribution in [3.8, 4) is 5.75 Å². The molecule has 0 saturated heterocycles. The minimum absolute atomic E-state index is 0.0689. The van der Waals surface area contributed by atoms with Gasteiger partial charge in [-0.05, 0) is 35.0 Å². The highest BCUT2D eigenvalue weighted by atomic mass is 79.9. The number of carbonyl (C=O) groups is 2. The molecule has 0 radical (unpaired) electrons. The molecule has 0 aliphatic rings. The lowest BCUT2D eigenvalue weighted by Gasteiger charge is -2.03. The van der Waals surface area contributed by atoms with Crippen LogP contribution in [0, 0.1) is 5.82 Å². The Kier molecular flexibility index (Phi) is 3.57. The van der Waals surface area contributed by atoms with E-state index >= 15 is 0 Å². The molecule has 0 heterocycles. The van der Waals surface area contributed by atoms with Gasteiger partial charge in [-0.25, -0.2) is 4.39 Å². The molecule has 0 spiro atoms. The summed E-state index contributed by atoms with van der Waals surface area (Å²) in [6, 6.07) is 1.99. The van der Waals surface area contributed by atoms with E-state index in [1.165, 1.54) is 6.92 Å². The molecule has 0 aliphatic heterocycles. The van der Waals surface area contributed by atoms with Gasteiger partial charge in [0.05, 0.1) is 16.5 Å². The van der Waals surface area contributed by atoms with Gasteiger partial charge in [-0.15, -0.1) is 0 Å². The maximum absolute atomic E-state index is 13.1. The number of Topliss-reactive ketones (excluding diaryl/α,β-unsaturated/α-hetero) is 2. The van der Waals surface area contributed by atoms with E-state index in [-0.39, 0.29) is 28.0 Å². The number of benzene rings is 1. The molecule has 15 heavy (non-hydrogen) atoms. The van der Waals surface area contributed by atoms with Crippen molar-refractivity contribution < 1.29 is 19.1 Å². The van der Waals surface area contributed by atoms with E-state index in [9.17, 15) is 19.1 Å². The summed E-state index contributed by atoms with van der Waals surface area (Å²) in [6.45, 7) is 1.25. The second kappa shape index (κ2) is 4.53. The van der Waals surface area contributed by atoms with Crippen LogP contribution in [0.2, 0.25) is 0 Å². The molecule has 0 fully saturated rings. The van der Waals surface area contributed by atoms with Crippen LogP contribution in [-0.2, 0) is 4.79 Å². The van der Waals surface area contributed by atoms with Gasteiger partial charge in [0.1, 0.15) is 17.3 Å². The average Bonchev–Trinajstić information content (AvgIpc) is 2.09. The van der Waals surface area contributed by atoms with Crippen molar-refractivity contribution in [2.45, 2.75) is 13.3 Å². The van der Waals surface area contributed by atoms with Crippen LogP contribution in [-0.4, -0.2) is 16.7 Å². The third-order valence-electron chi connectivity index (χ3n) is 1.75. The van der Waals surface area contributed by atoms with Crippen LogP contribution in [0.15, 0.2) is 16.6 Å². The fraction of sp³-hybridized carbons (Fsp3) is 0.200. The van der Waals surface area contributed by atoms with E-state index < -0.39 is 11.6 Å². The molecule has 80 valence electrons. The first kappa shape index (κ1) is 11.8. The van der Waals surface area contributed by atoms with Crippen LogP contribution < -0.4 is 0 Å². The normalized spacial score (nSPS) is 10.1. The number of hydrogen-bond acceptors (Lipinski definition) is 3. The minimum atomic E-state index is -0.653. The molecule has 1 aromatic rings. The van der Waals surface area contributed by atoms with Crippen molar-refractivity contribution in [1.29, 1.82) is 0 Å². The molecule has 0 aliphatic carbocycles. The summed E-state index contributed by atoms with van der Waals surface area (Å²) in [5.74, 6) is -1.91. The van der Waals surface area contributed by atoms with Crippen LogP contribution in [0.5, 0.6) is 5.75 Å². The van der Waals surface area contributed by atoms with E-state index in [1.54, 1.807) is 0 Å². The monoisotopic (exact) mass is 274 g/mol. The van der Waals surface area contributed by atoms with Crippen molar-refractivity contribution in [3.63, 3.8) is 0 Å². The second-order valence-electron chi connectivity index (χ2n) is 3.09. The fourth-order valence-electron chi connectivity index (χ4n) is 1.08. The number of halogens is 2. The number of rotatable bonds is 3. The van der Waals surface area contributed by atoms with E-state index in [0.29, 0.717) is 0 Å². The standard InChI is InChI=1S/C10H8BrFO3/c1-5(13)2-9(14)6-3-8(12)7(11)4-10(6)15/h3-4,15H,2H2,1H3. The van der Waals surface area contributed by atoms with Gasteiger partial charge in [0.25, 0.3) is 0 Å². The first-order chi connectivity index (χ1) is 6.91. The Balaban J connectivity index is 3.09. The molecular formula is C10H8BrFO3. The number of aromatic hydroxyl groups is 1. The molecule has 0 saturated carbocycles. The summed E-state index contributed by atoms with van der Waals surface area (Å²) < 4.78 is 13.1. The highest BCUT2D eigenvalue weighted by molar-refractivity contribution is 9.10. The Bertz CT molecular complexity index is 429. The van der Waals surface area contributed by atoms with Gasteiger partial charge < -0.3 is 5.11 Å². The molecule has 0 amide bonds. The molecule has 5 heteroatoms. The highest BCUT2D eigenvalue weighted by Crippen LogP contribution is 2.26. The van der Waals surface area contributed by atoms with Crippen LogP contribution in [0.1, 0.15) is 23.7 Å². The summed E-state index contributed by atoms with van der Waals surface area (Å²) >= 11 is 2.87. The van der Waals surface area contributed by atoms with Gasteiger partial charge in [0, 0.05) is 0 Å². The molecule has 0 bridgehead atoms. The second-order valence-corrected chi connectivity index (χ2v) is 3.94. The molecule has 0 unspecified atom stereocenters. The molecule has 0 aromatic heterocycles. The highest BCUT2D eigenvalue weighted by Gasteiger charge is 2.15. The lowest BCUT2D eigenvalue weighted by molar-refractivity contribution is -0.116.